The average Bonchev–Trinajstić information content (AvgIpc) is 2.35. The zero-order chi connectivity index (χ0) is 17.2. The standard InChI is InChI=1S/C17H18F2N2O2/c1-11-5-6-20-15(7-11)21(16(22)23-17(2,3)4)14-9-12(18)8-13(19)10-14/h5-10H,1-4H3. The Hall–Kier alpha value is -2.50. The third kappa shape index (κ3) is 4.48. The fourth-order valence-electron chi connectivity index (χ4n) is 1.95. The molecule has 0 unspecified atom stereocenters. The molecule has 2 rings (SSSR count). The lowest BCUT2D eigenvalue weighted by molar-refractivity contribution is 0.0598. The minimum atomic E-state index is -0.791. The molecule has 0 spiro atoms. The van der Waals surface area contributed by atoms with E-state index in [1.807, 2.05) is 6.92 Å². The van der Waals surface area contributed by atoms with Gasteiger partial charge in [0.25, 0.3) is 0 Å². The molecule has 122 valence electrons. The van der Waals surface area contributed by atoms with Crippen LogP contribution in [-0.2, 0) is 4.74 Å². The lowest BCUT2D eigenvalue weighted by atomic mass is 10.2. The highest BCUT2D eigenvalue weighted by Gasteiger charge is 2.26. The fourth-order valence-corrected chi connectivity index (χ4v) is 1.95. The molecule has 1 aromatic carbocycles. The number of pyridine rings is 1. The molecule has 1 amide bonds. The SMILES string of the molecule is Cc1ccnc(N(C(=O)OC(C)(C)C)c2cc(F)cc(F)c2)c1. The molecular weight excluding hydrogens is 302 g/mol. The van der Waals surface area contributed by atoms with Gasteiger partial charge < -0.3 is 4.74 Å². The maximum Gasteiger partial charge on any atom is 0.420 e. The molecule has 1 heterocycles. The summed E-state index contributed by atoms with van der Waals surface area (Å²) < 4.78 is 32.4. The van der Waals surface area contributed by atoms with Crippen molar-refractivity contribution in [3.05, 3.63) is 53.7 Å². The molecule has 4 nitrogen and oxygen atoms in total. The van der Waals surface area contributed by atoms with Crippen molar-refractivity contribution in [1.82, 2.24) is 4.98 Å². The largest absolute Gasteiger partial charge is 0.443 e. The molecule has 0 saturated carbocycles. The molecule has 6 heteroatoms. The zero-order valence-electron chi connectivity index (χ0n) is 13.4. The normalized spacial score (nSPS) is 11.2. The van der Waals surface area contributed by atoms with Crippen LogP contribution in [0.15, 0.2) is 36.5 Å². The van der Waals surface area contributed by atoms with Crippen LogP contribution >= 0.6 is 0 Å². The number of nitrogens with zero attached hydrogens (tertiary/aromatic N) is 2. The molecule has 0 saturated heterocycles. The van der Waals surface area contributed by atoms with Crippen molar-refractivity contribution >= 4 is 17.6 Å². The van der Waals surface area contributed by atoms with Crippen molar-refractivity contribution in [3.8, 4) is 0 Å². The monoisotopic (exact) mass is 320 g/mol. The highest BCUT2D eigenvalue weighted by molar-refractivity contribution is 5.95. The van der Waals surface area contributed by atoms with E-state index < -0.39 is 23.3 Å². The van der Waals surface area contributed by atoms with Gasteiger partial charge in [0, 0.05) is 12.3 Å². The number of ether oxygens (including phenoxy) is 1. The average molecular weight is 320 g/mol. The van der Waals surface area contributed by atoms with Gasteiger partial charge in [0.05, 0.1) is 5.69 Å². The topological polar surface area (TPSA) is 42.4 Å². The summed E-state index contributed by atoms with van der Waals surface area (Å²) in [7, 11) is 0. The Morgan fingerprint density at radius 1 is 1.13 bits per heavy atom. The van der Waals surface area contributed by atoms with E-state index in [1.54, 1.807) is 32.9 Å². The van der Waals surface area contributed by atoms with Crippen LogP contribution < -0.4 is 4.90 Å². The van der Waals surface area contributed by atoms with E-state index >= 15 is 0 Å². The van der Waals surface area contributed by atoms with Crippen LogP contribution in [0.4, 0.5) is 25.1 Å². The van der Waals surface area contributed by atoms with Crippen molar-refractivity contribution in [2.75, 3.05) is 4.90 Å². The third-order valence-electron chi connectivity index (χ3n) is 2.81. The second kappa shape index (κ2) is 6.32. The fraction of sp³-hybridized carbons (Fsp3) is 0.294. The number of aromatic nitrogens is 1. The Morgan fingerprint density at radius 3 is 2.26 bits per heavy atom. The highest BCUT2D eigenvalue weighted by atomic mass is 19.1. The molecule has 0 aliphatic rings. The van der Waals surface area contributed by atoms with Gasteiger partial charge in [-0.1, -0.05) is 0 Å². The first kappa shape index (κ1) is 16.9. The summed E-state index contributed by atoms with van der Waals surface area (Å²) in [4.78, 5) is 17.7. The number of anilines is 2. The van der Waals surface area contributed by atoms with Crippen molar-refractivity contribution in [2.45, 2.75) is 33.3 Å². The summed E-state index contributed by atoms with van der Waals surface area (Å²) in [6.45, 7) is 6.95. The number of benzene rings is 1. The van der Waals surface area contributed by atoms with Crippen molar-refractivity contribution in [3.63, 3.8) is 0 Å². The number of carbonyl (C=O) groups excluding carboxylic acids is 1. The van der Waals surface area contributed by atoms with Crippen LogP contribution in [-0.4, -0.2) is 16.7 Å². The van der Waals surface area contributed by atoms with Gasteiger partial charge in [-0.05, 0) is 57.5 Å². The van der Waals surface area contributed by atoms with Gasteiger partial charge in [-0.3, -0.25) is 0 Å². The van der Waals surface area contributed by atoms with Crippen molar-refractivity contribution in [2.24, 2.45) is 0 Å². The minimum Gasteiger partial charge on any atom is -0.443 e. The number of hydrogen-bond donors (Lipinski definition) is 0. The van der Waals surface area contributed by atoms with E-state index in [2.05, 4.69) is 4.98 Å². The first-order valence-corrected chi connectivity index (χ1v) is 7.07. The van der Waals surface area contributed by atoms with Crippen molar-refractivity contribution in [1.29, 1.82) is 0 Å². The first-order chi connectivity index (χ1) is 10.7. The van der Waals surface area contributed by atoms with Crippen LogP contribution in [0.2, 0.25) is 0 Å². The molecule has 0 bridgehead atoms. The lowest BCUT2D eigenvalue weighted by Gasteiger charge is -2.27. The summed E-state index contributed by atoms with van der Waals surface area (Å²) in [6, 6.07) is 6.23. The molecule has 0 fully saturated rings. The molecule has 1 aromatic heterocycles. The van der Waals surface area contributed by atoms with E-state index in [0.717, 1.165) is 28.7 Å². The summed E-state index contributed by atoms with van der Waals surface area (Å²) in [5.74, 6) is -1.35. The van der Waals surface area contributed by atoms with Gasteiger partial charge in [0.2, 0.25) is 0 Å². The van der Waals surface area contributed by atoms with E-state index in [-0.39, 0.29) is 11.5 Å². The van der Waals surface area contributed by atoms with Gasteiger partial charge in [0.1, 0.15) is 23.1 Å². The van der Waals surface area contributed by atoms with Crippen molar-refractivity contribution < 1.29 is 18.3 Å². The number of carbonyl (C=O) groups is 1. The molecule has 2 aromatic rings. The zero-order valence-corrected chi connectivity index (χ0v) is 13.4. The molecule has 0 N–H and O–H groups in total. The highest BCUT2D eigenvalue weighted by Crippen LogP contribution is 2.28. The van der Waals surface area contributed by atoms with E-state index in [9.17, 15) is 13.6 Å². The van der Waals surface area contributed by atoms with Crippen LogP contribution in [0.25, 0.3) is 0 Å². The van der Waals surface area contributed by atoms with Crippen LogP contribution in [0.1, 0.15) is 26.3 Å². The van der Waals surface area contributed by atoms with Gasteiger partial charge in [-0.15, -0.1) is 0 Å². The minimum absolute atomic E-state index is 0.00912. The Labute approximate surface area is 133 Å². The quantitative estimate of drug-likeness (QED) is 0.802. The number of rotatable bonds is 2. The molecule has 23 heavy (non-hydrogen) atoms. The predicted molar refractivity (Wildman–Crippen MR) is 83.7 cm³/mol. The van der Waals surface area contributed by atoms with Crippen LogP contribution in [0.3, 0.4) is 0 Å². The number of amides is 1. The maximum atomic E-state index is 13.5. The number of halogens is 2. The number of aryl methyl sites for hydroxylation is 1. The van der Waals surface area contributed by atoms with E-state index in [4.69, 9.17) is 4.74 Å². The van der Waals surface area contributed by atoms with Crippen LogP contribution in [0, 0.1) is 18.6 Å². The first-order valence-electron chi connectivity index (χ1n) is 7.07. The maximum absolute atomic E-state index is 13.5. The molecule has 0 aliphatic heterocycles. The Bertz CT molecular complexity index is 707. The summed E-state index contributed by atoms with van der Waals surface area (Å²) in [5, 5.41) is 0. The summed E-state index contributed by atoms with van der Waals surface area (Å²) in [6.07, 6.45) is 0.748. The summed E-state index contributed by atoms with van der Waals surface area (Å²) >= 11 is 0. The van der Waals surface area contributed by atoms with Gasteiger partial charge >= 0.3 is 6.09 Å². The number of hydrogen-bond acceptors (Lipinski definition) is 3. The smallest absolute Gasteiger partial charge is 0.420 e. The Kier molecular flexibility index (Phi) is 4.63. The Morgan fingerprint density at radius 2 is 1.74 bits per heavy atom. The molecular formula is C17H18F2N2O2. The lowest BCUT2D eigenvalue weighted by Crippen LogP contribution is -2.34. The molecule has 0 aliphatic carbocycles. The second-order valence-electron chi connectivity index (χ2n) is 6.13. The van der Waals surface area contributed by atoms with Crippen LogP contribution in [0.5, 0.6) is 0 Å². The Balaban J connectivity index is 2.53. The molecule has 0 atom stereocenters. The van der Waals surface area contributed by atoms with Gasteiger partial charge in [-0.25, -0.2) is 23.5 Å². The molecule has 0 radical (unpaired) electrons. The predicted octanol–water partition coefficient (Wildman–Crippen LogP) is 4.74. The third-order valence-corrected chi connectivity index (χ3v) is 2.81. The van der Waals surface area contributed by atoms with E-state index in [0.29, 0.717) is 0 Å². The summed E-state index contributed by atoms with van der Waals surface area (Å²) in [5.41, 5.74) is 0.0978. The van der Waals surface area contributed by atoms with Gasteiger partial charge in [0.15, 0.2) is 0 Å². The van der Waals surface area contributed by atoms with Gasteiger partial charge in [-0.2, -0.15) is 0 Å². The second-order valence-corrected chi connectivity index (χ2v) is 6.13. The van der Waals surface area contributed by atoms with E-state index in [1.165, 1.54) is 6.20 Å².